The van der Waals surface area contributed by atoms with Crippen LogP contribution in [0.3, 0.4) is 0 Å². The van der Waals surface area contributed by atoms with Crippen molar-refractivity contribution in [3.63, 3.8) is 0 Å². The number of benzene rings is 3. The zero-order chi connectivity index (χ0) is 24.7. The molecule has 36 heavy (non-hydrogen) atoms. The molecule has 182 valence electrons. The number of nitrogens with zero attached hydrogens (tertiary/aromatic N) is 3. The number of thioether (sulfide) groups is 1. The van der Waals surface area contributed by atoms with Gasteiger partial charge in [-0.3, -0.25) is 4.79 Å². The molecule has 0 saturated carbocycles. The van der Waals surface area contributed by atoms with Crippen molar-refractivity contribution in [2.24, 2.45) is 5.92 Å². The summed E-state index contributed by atoms with van der Waals surface area (Å²) in [6.07, 6.45) is 3.24. The Morgan fingerprint density at radius 1 is 0.833 bits per heavy atom. The van der Waals surface area contributed by atoms with Crippen LogP contribution in [0.25, 0.3) is 11.3 Å². The van der Waals surface area contributed by atoms with Crippen molar-refractivity contribution < 1.29 is 4.79 Å². The minimum Gasteiger partial charge on any atom is -0.339 e. The Morgan fingerprint density at radius 3 is 2.22 bits per heavy atom. The molecular formula is C31H31N3OS. The Balaban J connectivity index is 1.10. The first-order valence-electron chi connectivity index (χ1n) is 12.6. The molecule has 5 heteroatoms. The molecule has 2 heterocycles. The van der Waals surface area contributed by atoms with Crippen LogP contribution in [0.5, 0.6) is 0 Å². The van der Waals surface area contributed by atoms with Crippen molar-refractivity contribution in [2.45, 2.75) is 37.0 Å². The summed E-state index contributed by atoms with van der Waals surface area (Å²) in [5, 5.41) is 9.66. The van der Waals surface area contributed by atoms with Gasteiger partial charge in [0.15, 0.2) is 0 Å². The van der Waals surface area contributed by atoms with E-state index in [1.54, 1.807) is 11.8 Å². The first-order valence-corrected chi connectivity index (χ1v) is 13.6. The minimum absolute atomic E-state index is 0.143. The predicted molar refractivity (Wildman–Crippen MR) is 147 cm³/mol. The molecule has 0 N–H and O–H groups in total. The van der Waals surface area contributed by atoms with E-state index in [1.165, 1.54) is 16.7 Å². The van der Waals surface area contributed by atoms with Crippen LogP contribution in [0.15, 0.2) is 96.0 Å². The maximum Gasteiger partial charge on any atom is 0.253 e. The van der Waals surface area contributed by atoms with E-state index >= 15 is 0 Å². The van der Waals surface area contributed by atoms with Crippen LogP contribution in [0, 0.1) is 12.8 Å². The van der Waals surface area contributed by atoms with Gasteiger partial charge < -0.3 is 4.90 Å². The van der Waals surface area contributed by atoms with Gasteiger partial charge in [0.25, 0.3) is 5.91 Å². The first kappa shape index (κ1) is 24.3. The molecule has 1 saturated heterocycles. The molecule has 1 aliphatic heterocycles. The predicted octanol–water partition coefficient (Wildman–Crippen LogP) is 6.84. The third-order valence-electron chi connectivity index (χ3n) is 6.84. The highest BCUT2D eigenvalue weighted by Crippen LogP contribution is 2.25. The fraction of sp³-hybridized carbons (Fsp3) is 0.258. The molecule has 4 nitrogen and oxygen atoms in total. The monoisotopic (exact) mass is 493 g/mol. The molecule has 4 aromatic rings. The van der Waals surface area contributed by atoms with Crippen LogP contribution in [0.2, 0.25) is 0 Å². The van der Waals surface area contributed by atoms with Crippen molar-refractivity contribution in [3.05, 3.63) is 113 Å². The Bertz CT molecular complexity index is 1260. The van der Waals surface area contributed by atoms with E-state index in [9.17, 15) is 4.79 Å². The number of amides is 1. The first-order chi connectivity index (χ1) is 17.6. The fourth-order valence-corrected chi connectivity index (χ4v) is 5.42. The van der Waals surface area contributed by atoms with Gasteiger partial charge in [0.05, 0.1) is 5.69 Å². The van der Waals surface area contributed by atoms with Gasteiger partial charge in [0.1, 0.15) is 5.03 Å². The Kier molecular flexibility index (Phi) is 7.77. The van der Waals surface area contributed by atoms with Crippen molar-refractivity contribution >= 4 is 17.7 Å². The number of aryl methyl sites for hydroxylation is 1. The molecule has 1 amide bonds. The molecule has 1 aromatic heterocycles. The summed E-state index contributed by atoms with van der Waals surface area (Å²) in [6, 6.07) is 31.0. The third-order valence-corrected chi connectivity index (χ3v) is 7.84. The maximum atomic E-state index is 13.0. The van der Waals surface area contributed by atoms with Crippen LogP contribution in [0.4, 0.5) is 0 Å². The second-order valence-corrected chi connectivity index (χ2v) is 10.5. The van der Waals surface area contributed by atoms with Crippen molar-refractivity contribution in [1.82, 2.24) is 15.1 Å². The molecule has 0 atom stereocenters. The summed E-state index contributed by atoms with van der Waals surface area (Å²) in [5.74, 6) is 1.59. The molecule has 3 aromatic carbocycles. The summed E-state index contributed by atoms with van der Waals surface area (Å²) in [6.45, 7) is 3.75. The number of rotatable bonds is 7. The Morgan fingerprint density at radius 2 is 1.56 bits per heavy atom. The molecule has 0 aliphatic carbocycles. The van der Waals surface area contributed by atoms with E-state index in [0.29, 0.717) is 5.92 Å². The van der Waals surface area contributed by atoms with Gasteiger partial charge in [-0.25, -0.2) is 0 Å². The Hall–Kier alpha value is -3.44. The SMILES string of the molecule is Cc1ccc(-c2ccc(SCc3ccc(C(=O)N4CCC(Cc5ccccc5)CC4)cc3)nn2)cc1. The van der Waals surface area contributed by atoms with Gasteiger partial charge in [-0.05, 0) is 67.5 Å². The second kappa shape index (κ2) is 11.5. The normalized spacial score (nSPS) is 14.1. The topological polar surface area (TPSA) is 46.1 Å². The van der Waals surface area contributed by atoms with E-state index in [0.717, 1.165) is 60.0 Å². The Labute approximate surface area is 217 Å². The standard InChI is InChI=1S/C31H31N3OS/c1-23-7-11-27(12-8-23)29-15-16-30(33-32-29)36-22-26-9-13-28(14-10-26)31(35)34-19-17-25(18-20-34)21-24-5-3-2-4-6-24/h2-16,25H,17-22H2,1H3. The number of piperidine rings is 1. The van der Waals surface area contributed by atoms with E-state index in [-0.39, 0.29) is 5.91 Å². The van der Waals surface area contributed by atoms with Crippen LogP contribution in [-0.4, -0.2) is 34.1 Å². The minimum atomic E-state index is 0.143. The lowest BCUT2D eigenvalue weighted by atomic mass is 9.90. The number of carbonyl (C=O) groups is 1. The average Bonchev–Trinajstić information content (AvgIpc) is 2.94. The fourth-order valence-electron chi connectivity index (χ4n) is 4.65. The summed E-state index contributed by atoms with van der Waals surface area (Å²) in [7, 11) is 0. The highest BCUT2D eigenvalue weighted by atomic mass is 32.2. The number of carbonyl (C=O) groups excluding carboxylic acids is 1. The van der Waals surface area contributed by atoms with Gasteiger partial charge in [0, 0.05) is 30.0 Å². The summed E-state index contributed by atoms with van der Waals surface area (Å²) in [4.78, 5) is 15.0. The summed E-state index contributed by atoms with van der Waals surface area (Å²) >= 11 is 1.65. The number of hydrogen-bond donors (Lipinski definition) is 0. The van der Waals surface area contributed by atoms with Crippen LogP contribution >= 0.6 is 11.8 Å². The molecule has 1 aliphatic rings. The molecule has 1 fully saturated rings. The molecule has 0 unspecified atom stereocenters. The van der Waals surface area contributed by atoms with Crippen molar-refractivity contribution in [1.29, 1.82) is 0 Å². The molecular weight excluding hydrogens is 462 g/mol. The van der Waals surface area contributed by atoms with E-state index in [2.05, 4.69) is 83.9 Å². The molecule has 0 spiro atoms. The molecule has 5 rings (SSSR count). The van der Waals surface area contributed by atoms with Crippen LogP contribution < -0.4 is 0 Å². The molecule has 0 radical (unpaired) electrons. The van der Waals surface area contributed by atoms with Gasteiger partial charge in [-0.15, -0.1) is 10.2 Å². The smallest absolute Gasteiger partial charge is 0.253 e. The van der Waals surface area contributed by atoms with Crippen LogP contribution in [-0.2, 0) is 12.2 Å². The van der Waals surface area contributed by atoms with Gasteiger partial charge in [-0.2, -0.15) is 0 Å². The van der Waals surface area contributed by atoms with E-state index in [4.69, 9.17) is 0 Å². The lowest BCUT2D eigenvalue weighted by molar-refractivity contribution is 0.0690. The highest BCUT2D eigenvalue weighted by Gasteiger charge is 2.23. The second-order valence-electron chi connectivity index (χ2n) is 9.53. The number of hydrogen-bond acceptors (Lipinski definition) is 4. The summed E-state index contributed by atoms with van der Waals surface area (Å²) < 4.78 is 0. The molecule has 0 bridgehead atoms. The summed E-state index contributed by atoms with van der Waals surface area (Å²) in [5.41, 5.74) is 6.52. The quantitative estimate of drug-likeness (QED) is 0.265. The van der Waals surface area contributed by atoms with Gasteiger partial charge >= 0.3 is 0 Å². The lowest BCUT2D eigenvalue weighted by Gasteiger charge is -2.32. The van der Waals surface area contributed by atoms with Gasteiger partial charge in [-0.1, -0.05) is 84.1 Å². The number of likely N-dealkylation sites (tertiary alicyclic amines) is 1. The third kappa shape index (κ3) is 6.21. The highest BCUT2D eigenvalue weighted by molar-refractivity contribution is 7.98. The average molecular weight is 494 g/mol. The maximum absolute atomic E-state index is 13.0. The number of aromatic nitrogens is 2. The van der Waals surface area contributed by atoms with E-state index < -0.39 is 0 Å². The van der Waals surface area contributed by atoms with Crippen LogP contribution in [0.1, 0.15) is 39.9 Å². The van der Waals surface area contributed by atoms with Crippen molar-refractivity contribution in [3.8, 4) is 11.3 Å². The zero-order valence-electron chi connectivity index (χ0n) is 20.6. The van der Waals surface area contributed by atoms with Gasteiger partial charge in [0.2, 0.25) is 0 Å². The van der Waals surface area contributed by atoms with Crippen molar-refractivity contribution in [2.75, 3.05) is 13.1 Å². The van der Waals surface area contributed by atoms with E-state index in [1.807, 2.05) is 29.2 Å². The largest absolute Gasteiger partial charge is 0.339 e. The lowest BCUT2D eigenvalue weighted by Crippen LogP contribution is -2.38. The zero-order valence-corrected chi connectivity index (χ0v) is 21.5.